The Morgan fingerprint density at radius 2 is 1.92 bits per heavy atom. The fraction of sp³-hybridized carbons (Fsp3) is 0.278. The molecule has 1 amide bonds. The number of nitrogens with one attached hydrogen (secondary N) is 1. The highest BCUT2D eigenvalue weighted by molar-refractivity contribution is 7.70. The van der Waals surface area contributed by atoms with Crippen LogP contribution in [0.15, 0.2) is 42.5 Å². The molecule has 24 heavy (non-hydrogen) atoms. The number of amides is 1. The fourth-order valence-electron chi connectivity index (χ4n) is 2.43. The van der Waals surface area contributed by atoms with Crippen molar-refractivity contribution in [1.29, 1.82) is 0 Å². The van der Waals surface area contributed by atoms with E-state index in [-0.39, 0.29) is 12.3 Å². The molecule has 2 rings (SSSR count). The zero-order valence-corrected chi connectivity index (χ0v) is 14.9. The topological polar surface area (TPSA) is 55.4 Å². The maximum atomic E-state index is 13.4. The third-order valence-corrected chi connectivity index (χ3v) is 5.16. The van der Waals surface area contributed by atoms with E-state index < -0.39 is 13.0 Å². The molecule has 0 saturated carbocycles. The van der Waals surface area contributed by atoms with Crippen molar-refractivity contribution < 1.29 is 18.5 Å². The molecule has 0 aromatic heterocycles. The number of anilines is 1. The Morgan fingerprint density at radius 1 is 1.21 bits per heavy atom. The summed E-state index contributed by atoms with van der Waals surface area (Å²) in [6.45, 7) is 3.10. The number of methoxy groups -OCH3 is 1. The Labute approximate surface area is 141 Å². The van der Waals surface area contributed by atoms with Gasteiger partial charge in [0.05, 0.1) is 12.8 Å². The Balaban J connectivity index is 2.09. The number of ether oxygens (including phenoxy) is 1. The van der Waals surface area contributed by atoms with E-state index in [1.165, 1.54) is 18.2 Å². The lowest BCUT2D eigenvalue weighted by Gasteiger charge is -2.15. The molecule has 2 aromatic carbocycles. The van der Waals surface area contributed by atoms with Crippen LogP contribution in [0.2, 0.25) is 0 Å². The second-order valence-corrected chi connectivity index (χ2v) is 9.06. The van der Waals surface area contributed by atoms with Gasteiger partial charge in [0.25, 0.3) is 0 Å². The van der Waals surface area contributed by atoms with Gasteiger partial charge < -0.3 is 14.6 Å². The van der Waals surface area contributed by atoms with E-state index in [1.54, 1.807) is 20.4 Å². The van der Waals surface area contributed by atoms with E-state index >= 15 is 0 Å². The van der Waals surface area contributed by atoms with Crippen LogP contribution in [0.25, 0.3) is 0 Å². The summed E-state index contributed by atoms with van der Waals surface area (Å²) in [4.78, 5) is 12.2. The van der Waals surface area contributed by atoms with Gasteiger partial charge in [0.15, 0.2) is 0 Å². The lowest BCUT2D eigenvalue weighted by molar-refractivity contribution is -0.116. The Kier molecular flexibility index (Phi) is 5.79. The molecule has 0 aliphatic rings. The Morgan fingerprint density at radius 3 is 2.58 bits per heavy atom. The lowest BCUT2D eigenvalue weighted by Crippen LogP contribution is -2.19. The van der Waals surface area contributed by atoms with E-state index in [0.29, 0.717) is 17.4 Å². The van der Waals surface area contributed by atoms with Gasteiger partial charge in [-0.05, 0) is 49.6 Å². The largest absolute Gasteiger partial charge is 0.496 e. The number of carbonyl (C=O) groups excluding carboxylic acids is 1. The van der Waals surface area contributed by atoms with Crippen molar-refractivity contribution in [3.05, 3.63) is 53.8 Å². The number of rotatable bonds is 6. The van der Waals surface area contributed by atoms with E-state index in [0.717, 1.165) is 11.3 Å². The normalized spacial score (nSPS) is 11.2. The maximum Gasteiger partial charge on any atom is 0.224 e. The van der Waals surface area contributed by atoms with Gasteiger partial charge in [0.1, 0.15) is 18.7 Å². The SMILES string of the molecule is COc1ccccc1CCC(=O)Nc1ccc(F)cc1P(C)(C)=O. The van der Waals surface area contributed by atoms with Crippen molar-refractivity contribution in [2.45, 2.75) is 12.8 Å². The molecule has 0 aliphatic heterocycles. The average Bonchev–Trinajstić information content (AvgIpc) is 2.54. The van der Waals surface area contributed by atoms with Crippen LogP contribution in [0.5, 0.6) is 5.75 Å². The predicted molar refractivity (Wildman–Crippen MR) is 95.4 cm³/mol. The molecule has 0 fully saturated rings. The first-order chi connectivity index (χ1) is 11.3. The maximum absolute atomic E-state index is 13.4. The van der Waals surface area contributed by atoms with Crippen molar-refractivity contribution >= 4 is 24.0 Å². The second kappa shape index (κ2) is 7.63. The van der Waals surface area contributed by atoms with E-state index in [4.69, 9.17) is 4.74 Å². The van der Waals surface area contributed by atoms with Crippen LogP contribution in [-0.2, 0) is 15.8 Å². The number of para-hydroxylation sites is 1. The van der Waals surface area contributed by atoms with Gasteiger partial charge in [-0.1, -0.05) is 18.2 Å². The summed E-state index contributed by atoms with van der Waals surface area (Å²) in [5.74, 6) is 0.0440. The molecular weight excluding hydrogens is 328 g/mol. The number of hydrogen-bond acceptors (Lipinski definition) is 3. The average molecular weight is 349 g/mol. The van der Waals surface area contributed by atoms with Crippen LogP contribution in [0.3, 0.4) is 0 Å². The van der Waals surface area contributed by atoms with Gasteiger partial charge in [-0.2, -0.15) is 0 Å². The number of hydrogen-bond donors (Lipinski definition) is 1. The quantitative estimate of drug-likeness (QED) is 0.810. The van der Waals surface area contributed by atoms with Crippen LogP contribution in [-0.4, -0.2) is 26.3 Å². The van der Waals surface area contributed by atoms with Crippen LogP contribution >= 0.6 is 7.14 Å². The smallest absolute Gasteiger partial charge is 0.224 e. The summed E-state index contributed by atoms with van der Waals surface area (Å²) >= 11 is 0. The summed E-state index contributed by atoms with van der Waals surface area (Å²) in [5, 5.41) is 3.07. The minimum Gasteiger partial charge on any atom is -0.496 e. The molecule has 2 aromatic rings. The molecule has 128 valence electrons. The lowest BCUT2D eigenvalue weighted by atomic mass is 10.1. The van der Waals surface area contributed by atoms with Gasteiger partial charge in [-0.15, -0.1) is 0 Å². The van der Waals surface area contributed by atoms with Crippen molar-refractivity contribution in [3.63, 3.8) is 0 Å². The molecule has 6 heteroatoms. The van der Waals surface area contributed by atoms with Gasteiger partial charge in [0.2, 0.25) is 5.91 Å². The minimum absolute atomic E-state index is 0.220. The monoisotopic (exact) mass is 349 g/mol. The van der Waals surface area contributed by atoms with E-state index in [1.807, 2.05) is 24.3 Å². The van der Waals surface area contributed by atoms with Gasteiger partial charge in [0, 0.05) is 11.7 Å². The first kappa shape index (κ1) is 18.2. The van der Waals surface area contributed by atoms with Crippen molar-refractivity contribution in [2.24, 2.45) is 0 Å². The highest BCUT2D eigenvalue weighted by Gasteiger charge is 2.18. The van der Waals surface area contributed by atoms with Crippen molar-refractivity contribution in [1.82, 2.24) is 0 Å². The zero-order chi connectivity index (χ0) is 17.7. The second-order valence-electron chi connectivity index (χ2n) is 5.87. The van der Waals surface area contributed by atoms with Crippen LogP contribution in [0.4, 0.5) is 10.1 Å². The molecular formula is C18H21FNO3P. The third-order valence-electron chi connectivity index (χ3n) is 3.63. The highest BCUT2D eigenvalue weighted by Crippen LogP contribution is 2.38. The fourth-order valence-corrected chi connectivity index (χ4v) is 3.57. The predicted octanol–water partition coefficient (Wildman–Crippen LogP) is 3.65. The summed E-state index contributed by atoms with van der Waals surface area (Å²) in [7, 11) is -1.12. The standard InChI is InChI=1S/C18H21FNO3P/c1-23-16-7-5-4-6-13(16)8-11-18(21)20-15-10-9-14(19)12-17(15)24(2,3)22/h4-7,9-10,12H,8,11H2,1-3H3,(H,20,21). The molecule has 0 spiro atoms. The summed E-state index contributed by atoms with van der Waals surface area (Å²) in [6, 6.07) is 11.4. The van der Waals surface area contributed by atoms with E-state index in [9.17, 15) is 13.8 Å². The molecule has 0 atom stereocenters. The minimum atomic E-state index is -2.70. The number of carbonyl (C=O) groups is 1. The van der Waals surface area contributed by atoms with Gasteiger partial charge in [-0.25, -0.2) is 4.39 Å². The molecule has 0 saturated heterocycles. The van der Waals surface area contributed by atoms with Crippen LogP contribution < -0.4 is 15.4 Å². The third kappa shape index (κ3) is 4.68. The molecule has 0 radical (unpaired) electrons. The summed E-state index contributed by atoms with van der Waals surface area (Å²) < 4.78 is 31.0. The summed E-state index contributed by atoms with van der Waals surface area (Å²) in [6.07, 6.45) is 0.761. The van der Waals surface area contributed by atoms with Gasteiger partial charge >= 0.3 is 0 Å². The Hall–Kier alpha value is -2.13. The van der Waals surface area contributed by atoms with Gasteiger partial charge in [-0.3, -0.25) is 4.79 Å². The summed E-state index contributed by atoms with van der Waals surface area (Å²) in [5.41, 5.74) is 1.33. The molecule has 0 unspecified atom stereocenters. The zero-order valence-electron chi connectivity index (χ0n) is 14.0. The number of benzene rings is 2. The Bertz CT molecular complexity index is 786. The molecule has 1 N–H and O–H groups in total. The number of halogens is 1. The van der Waals surface area contributed by atoms with Crippen LogP contribution in [0.1, 0.15) is 12.0 Å². The molecule has 0 aliphatic carbocycles. The van der Waals surface area contributed by atoms with Crippen molar-refractivity contribution in [2.75, 3.05) is 25.8 Å². The van der Waals surface area contributed by atoms with Crippen LogP contribution in [0, 0.1) is 5.82 Å². The number of aryl methyl sites for hydroxylation is 1. The van der Waals surface area contributed by atoms with E-state index in [2.05, 4.69) is 5.32 Å². The molecule has 0 heterocycles. The first-order valence-electron chi connectivity index (χ1n) is 7.58. The molecule has 0 bridgehead atoms. The first-order valence-corrected chi connectivity index (χ1v) is 10.2. The molecule has 4 nitrogen and oxygen atoms in total. The highest BCUT2D eigenvalue weighted by atomic mass is 31.2. The van der Waals surface area contributed by atoms with Crippen molar-refractivity contribution in [3.8, 4) is 5.75 Å².